The van der Waals surface area contributed by atoms with Crippen LogP contribution >= 0.6 is 23.2 Å². The molecule has 3 N–H and O–H groups in total. The van der Waals surface area contributed by atoms with Crippen molar-refractivity contribution in [3.63, 3.8) is 0 Å². The molecule has 0 aliphatic carbocycles. The van der Waals surface area contributed by atoms with Gasteiger partial charge in [-0.15, -0.1) is 0 Å². The van der Waals surface area contributed by atoms with E-state index in [1.54, 1.807) is 58.9 Å². The highest BCUT2D eigenvalue weighted by atomic mass is 35.5. The molecule has 1 heterocycles. The number of carbonyl (C=O) groups excluding carboxylic acids is 3. The van der Waals surface area contributed by atoms with Gasteiger partial charge in [0.15, 0.2) is 0 Å². The fourth-order valence-electron chi connectivity index (χ4n) is 3.69. The first-order valence-corrected chi connectivity index (χ1v) is 11.4. The summed E-state index contributed by atoms with van der Waals surface area (Å²) >= 11 is 12.1. The van der Waals surface area contributed by atoms with E-state index < -0.39 is 11.8 Å². The van der Waals surface area contributed by atoms with Gasteiger partial charge in [0.25, 0.3) is 17.7 Å². The molecule has 4 rings (SSSR count). The zero-order valence-corrected chi connectivity index (χ0v) is 19.9. The molecule has 0 unspecified atom stereocenters. The number of halogens is 2. The van der Waals surface area contributed by atoms with Crippen molar-refractivity contribution in [3.05, 3.63) is 87.4 Å². The molecule has 0 radical (unpaired) electrons. The lowest BCUT2D eigenvalue weighted by atomic mass is 9.99. The Kier molecular flexibility index (Phi) is 7.67. The van der Waals surface area contributed by atoms with Gasteiger partial charge in [-0.2, -0.15) is 0 Å². The molecule has 35 heavy (non-hydrogen) atoms. The largest absolute Gasteiger partial charge is 0.378 e. The molecule has 0 bridgehead atoms. The van der Waals surface area contributed by atoms with Crippen LogP contribution in [0.5, 0.6) is 0 Å². The van der Waals surface area contributed by atoms with Crippen molar-refractivity contribution < 1.29 is 24.3 Å². The van der Waals surface area contributed by atoms with Gasteiger partial charge < -0.3 is 15.0 Å². The Bertz CT molecular complexity index is 1270. The molecular weight excluding hydrogens is 493 g/mol. The minimum Gasteiger partial charge on any atom is -0.378 e. The van der Waals surface area contributed by atoms with Crippen molar-refractivity contribution in [2.24, 2.45) is 0 Å². The third-order valence-corrected chi connectivity index (χ3v) is 6.04. The Morgan fingerprint density at radius 2 is 1.54 bits per heavy atom. The van der Waals surface area contributed by atoms with Crippen molar-refractivity contribution in [2.45, 2.75) is 0 Å². The lowest BCUT2D eigenvalue weighted by Gasteiger charge is -2.27. The van der Waals surface area contributed by atoms with Crippen LogP contribution in [0.15, 0.2) is 60.7 Å². The first-order valence-electron chi connectivity index (χ1n) is 10.7. The van der Waals surface area contributed by atoms with Gasteiger partial charge >= 0.3 is 0 Å². The molecule has 3 aromatic carbocycles. The summed E-state index contributed by atoms with van der Waals surface area (Å²) in [6, 6.07) is 16.1. The maximum atomic E-state index is 13.2. The van der Waals surface area contributed by atoms with E-state index in [0.717, 1.165) is 0 Å². The first-order chi connectivity index (χ1) is 16.9. The number of hydrogen-bond donors (Lipinski definition) is 3. The normalized spacial score (nSPS) is 13.3. The van der Waals surface area contributed by atoms with Crippen LogP contribution in [-0.2, 0) is 4.74 Å². The molecule has 0 atom stereocenters. The minimum absolute atomic E-state index is 0.188. The Morgan fingerprint density at radius 3 is 2.20 bits per heavy atom. The number of ether oxygens (including phenoxy) is 1. The molecule has 1 aliphatic heterocycles. The summed E-state index contributed by atoms with van der Waals surface area (Å²) in [7, 11) is 0. The number of nitrogens with zero attached hydrogens (tertiary/aromatic N) is 1. The van der Waals surface area contributed by atoms with E-state index >= 15 is 0 Å². The zero-order chi connectivity index (χ0) is 24.9. The molecule has 3 amide bonds. The van der Waals surface area contributed by atoms with Crippen molar-refractivity contribution in [1.29, 1.82) is 0 Å². The lowest BCUT2D eigenvalue weighted by molar-refractivity contribution is 0.0303. The van der Waals surface area contributed by atoms with Gasteiger partial charge in [0, 0.05) is 34.9 Å². The fourth-order valence-corrected chi connectivity index (χ4v) is 4.18. The summed E-state index contributed by atoms with van der Waals surface area (Å²) in [5.41, 5.74) is 4.23. The molecule has 1 saturated heterocycles. The molecule has 0 spiro atoms. The molecule has 0 saturated carbocycles. The maximum absolute atomic E-state index is 13.2. The monoisotopic (exact) mass is 513 g/mol. The second-order valence-corrected chi connectivity index (χ2v) is 8.64. The third kappa shape index (κ3) is 5.80. The predicted octanol–water partition coefficient (Wildman–Crippen LogP) is 4.50. The number of amides is 3. The van der Waals surface area contributed by atoms with Gasteiger partial charge in [0.05, 0.1) is 23.8 Å². The van der Waals surface area contributed by atoms with Crippen molar-refractivity contribution in [3.8, 4) is 11.1 Å². The topological polar surface area (TPSA) is 108 Å². The predicted molar refractivity (Wildman–Crippen MR) is 132 cm³/mol. The first kappa shape index (κ1) is 24.7. The molecule has 1 fully saturated rings. The second-order valence-electron chi connectivity index (χ2n) is 7.80. The highest BCUT2D eigenvalue weighted by Crippen LogP contribution is 2.28. The SMILES string of the molecule is O=C(NO)c1ccc(-c2cc(NC(=O)c3ccc(Cl)cc3Cl)cc(C(=O)N3CCOCC3)c2)cc1. The average molecular weight is 514 g/mol. The number of hydroxylamine groups is 1. The number of nitrogens with one attached hydrogen (secondary N) is 2. The maximum Gasteiger partial charge on any atom is 0.274 e. The van der Waals surface area contributed by atoms with E-state index in [0.29, 0.717) is 53.7 Å². The Morgan fingerprint density at radius 1 is 0.829 bits per heavy atom. The number of rotatable bonds is 5. The van der Waals surface area contributed by atoms with E-state index in [1.165, 1.54) is 12.1 Å². The Balaban J connectivity index is 1.70. The van der Waals surface area contributed by atoms with Crippen LogP contribution in [0.2, 0.25) is 10.0 Å². The lowest BCUT2D eigenvalue weighted by Crippen LogP contribution is -2.40. The van der Waals surface area contributed by atoms with Crippen LogP contribution in [0, 0.1) is 0 Å². The third-order valence-electron chi connectivity index (χ3n) is 5.49. The molecule has 180 valence electrons. The minimum atomic E-state index is -0.638. The summed E-state index contributed by atoms with van der Waals surface area (Å²) in [5.74, 6) is -1.28. The number of carbonyl (C=O) groups is 3. The van der Waals surface area contributed by atoms with Gasteiger partial charge in [0.1, 0.15) is 0 Å². The molecule has 1 aliphatic rings. The zero-order valence-electron chi connectivity index (χ0n) is 18.4. The van der Waals surface area contributed by atoms with Crippen LogP contribution in [0.4, 0.5) is 5.69 Å². The van der Waals surface area contributed by atoms with Crippen molar-refractivity contribution >= 4 is 46.6 Å². The molecule has 3 aromatic rings. The smallest absolute Gasteiger partial charge is 0.274 e. The average Bonchev–Trinajstić information content (AvgIpc) is 2.88. The molecule has 0 aromatic heterocycles. The standard InChI is InChI=1S/C25H21Cl2N3O5/c26-19-5-6-21(22(27)14-19)24(32)28-20-12-17(15-1-3-16(4-2-15)23(31)29-34)11-18(13-20)25(33)30-7-9-35-10-8-30/h1-6,11-14,34H,7-10H2,(H,28,32)(H,29,31). The number of anilines is 1. The summed E-state index contributed by atoms with van der Waals surface area (Å²) in [6.07, 6.45) is 0. The van der Waals surface area contributed by atoms with Gasteiger partial charge in [-0.1, -0.05) is 35.3 Å². The number of morpholine rings is 1. The summed E-state index contributed by atoms with van der Waals surface area (Å²) in [5, 5.41) is 12.3. The molecule has 10 heteroatoms. The van der Waals surface area contributed by atoms with Crippen LogP contribution in [-0.4, -0.2) is 54.1 Å². The summed E-state index contributed by atoms with van der Waals surface area (Å²) < 4.78 is 5.34. The quantitative estimate of drug-likeness (QED) is 0.343. The van der Waals surface area contributed by atoms with Crippen LogP contribution < -0.4 is 10.8 Å². The van der Waals surface area contributed by atoms with Crippen LogP contribution in [0.25, 0.3) is 11.1 Å². The van der Waals surface area contributed by atoms with Gasteiger partial charge in [-0.3, -0.25) is 19.6 Å². The highest BCUT2D eigenvalue weighted by Gasteiger charge is 2.21. The Labute approximate surface area is 211 Å². The molecule has 8 nitrogen and oxygen atoms in total. The molecular formula is C25H21Cl2N3O5. The van der Waals surface area contributed by atoms with E-state index in [9.17, 15) is 14.4 Å². The van der Waals surface area contributed by atoms with Gasteiger partial charge in [-0.05, 0) is 59.7 Å². The highest BCUT2D eigenvalue weighted by molar-refractivity contribution is 6.37. The van der Waals surface area contributed by atoms with E-state index in [2.05, 4.69) is 5.32 Å². The summed E-state index contributed by atoms with van der Waals surface area (Å²) in [6.45, 7) is 1.85. The Hall–Kier alpha value is -3.43. The number of hydrogen-bond acceptors (Lipinski definition) is 5. The van der Waals surface area contributed by atoms with E-state index in [-0.39, 0.29) is 22.1 Å². The van der Waals surface area contributed by atoms with E-state index in [1.807, 2.05) is 0 Å². The van der Waals surface area contributed by atoms with Gasteiger partial charge in [-0.25, -0.2) is 5.48 Å². The van der Waals surface area contributed by atoms with Gasteiger partial charge in [0.2, 0.25) is 0 Å². The van der Waals surface area contributed by atoms with E-state index in [4.69, 9.17) is 33.1 Å². The van der Waals surface area contributed by atoms with Crippen molar-refractivity contribution in [2.75, 3.05) is 31.6 Å². The summed E-state index contributed by atoms with van der Waals surface area (Å²) in [4.78, 5) is 39.5. The fraction of sp³-hybridized carbons (Fsp3) is 0.160. The van der Waals surface area contributed by atoms with Crippen LogP contribution in [0.1, 0.15) is 31.1 Å². The van der Waals surface area contributed by atoms with Crippen LogP contribution in [0.3, 0.4) is 0 Å². The van der Waals surface area contributed by atoms with Crippen molar-refractivity contribution in [1.82, 2.24) is 10.4 Å². The number of benzene rings is 3. The second kappa shape index (κ2) is 10.9.